The van der Waals surface area contributed by atoms with Gasteiger partial charge in [-0.1, -0.05) is 0 Å². The summed E-state index contributed by atoms with van der Waals surface area (Å²) in [6.07, 6.45) is -1.18. The van der Waals surface area contributed by atoms with E-state index >= 15 is 0 Å². The number of carbonyl (C=O) groups excluding carboxylic acids is 2. The quantitative estimate of drug-likeness (QED) is 0.835. The molecule has 2 aliphatic heterocycles. The molecule has 0 bridgehead atoms. The van der Waals surface area contributed by atoms with Crippen molar-refractivity contribution in [3.8, 4) is 22.9 Å². The number of nitrogens with zero attached hydrogens (tertiary/aromatic N) is 2. The Kier molecular flexibility index (Phi) is 4.09. The van der Waals surface area contributed by atoms with E-state index in [1.807, 2.05) is 0 Å². The van der Waals surface area contributed by atoms with Gasteiger partial charge in [0.2, 0.25) is 5.88 Å². The van der Waals surface area contributed by atoms with Crippen molar-refractivity contribution in [2.24, 2.45) is 0 Å². The van der Waals surface area contributed by atoms with Crippen LogP contribution in [0.3, 0.4) is 0 Å². The summed E-state index contributed by atoms with van der Waals surface area (Å²) in [4.78, 5) is 25.0. The van der Waals surface area contributed by atoms with Gasteiger partial charge >= 0.3 is 6.09 Å². The molecule has 142 valence electrons. The highest BCUT2D eigenvalue weighted by Crippen LogP contribution is 2.41. The Balaban J connectivity index is 1.73. The zero-order valence-corrected chi connectivity index (χ0v) is 14.7. The molecular weight excluding hydrogens is 359 g/mol. The summed E-state index contributed by atoms with van der Waals surface area (Å²) in [5.41, 5.74) is 1.67. The van der Waals surface area contributed by atoms with E-state index in [4.69, 9.17) is 14.2 Å². The molecule has 2 N–H and O–H groups in total. The first-order valence-corrected chi connectivity index (χ1v) is 8.31. The maximum atomic E-state index is 15.0. The molecule has 1 fully saturated rings. The van der Waals surface area contributed by atoms with Crippen LogP contribution in [0.4, 0.5) is 14.9 Å². The first-order valence-electron chi connectivity index (χ1n) is 8.31. The molecule has 10 heteroatoms. The second-order valence-electron chi connectivity index (χ2n) is 6.08. The predicted octanol–water partition coefficient (Wildman–Crippen LogP) is 1.23. The number of methoxy groups -OCH3 is 1. The van der Waals surface area contributed by atoms with Crippen LogP contribution < -0.4 is 19.7 Å². The zero-order chi connectivity index (χ0) is 19.1. The highest BCUT2D eigenvalue weighted by molar-refractivity contribution is 5.96. The summed E-state index contributed by atoms with van der Waals surface area (Å²) in [6.45, 7) is 0.282. The standard InChI is InChI=1S/C17H17FN4O5/c1-19-15(23)12-7-22(17(24)27-12)8-5-10(18)13-11(6-8)26-4-3-9-14(13)20-21-16(9)25-2/h5-6,12H,3-4,7H2,1-2H3,(H,19,23)(H,20,21)/t12-/m1/s1. The van der Waals surface area contributed by atoms with Crippen LogP contribution in [0, 0.1) is 5.82 Å². The molecule has 1 saturated heterocycles. The minimum absolute atomic E-state index is 0.0140. The number of ether oxygens (including phenoxy) is 3. The number of cyclic esters (lactones) is 1. The Morgan fingerprint density at radius 2 is 2.30 bits per heavy atom. The van der Waals surface area contributed by atoms with E-state index in [9.17, 15) is 14.0 Å². The van der Waals surface area contributed by atoms with Crippen LogP contribution in [0.1, 0.15) is 5.56 Å². The average molecular weight is 376 g/mol. The van der Waals surface area contributed by atoms with Crippen LogP contribution in [-0.2, 0) is 16.0 Å². The van der Waals surface area contributed by atoms with Gasteiger partial charge in [-0.15, -0.1) is 5.10 Å². The Hall–Kier alpha value is -3.30. The maximum Gasteiger partial charge on any atom is 0.415 e. The number of halogens is 1. The minimum atomic E-state index is -0.950. The first-order chi connectivity index (χ1) is 13.0. The normalized spacial score (nSPS) is 18.1. The predicted molar refractivity (Wildman–Crippen MR) is 91.4 cm³/mol. The minimum Gasteiger partial charge on any atom is -0.492 e. The van der Waals surface area contributed by atoms with Crippen LogP contribution in [0.2, 0.25) is 0 Å². The van der Waals surface area contributed by atoms with Gasteiger partial charge in [0.15, 0.2) is 6.10 Å². The van der Waals surface area contributed by atoms with Gasteiger partial charge in [-0.05, 0) is 6.07 Å². The highest BCUT2D eigenvalue weighted by Gasteiger charge is 2.37. The van der Waals surface area contributed by atoms with Gasteiger partial charge in [0, 0.05) is 25.1 Å². The number of rotatable bonds is 3. The molecule has 1 aromatic carbocycles. The molecule has 3 heterocycles. The lowest BCUT2D eigenvalue weighted by atomic mass is 10.0. The number of carbonyl (C=O) groups is 2. The molecule has 0 radical (unpaired) electrons. The summed E-state index contributed by atoms with van der Waals surface area (Å²) in [7, 11) is 2.94. The molecule has 0 unspecified atom stereocenters. The Labute approximate surface area is 153 Å². The number of hydrogen-bond acceptors (Lipinski definition) is 6. The van der Waals surface area contributed by atoms with Crippen LogP contribution in [0.5, 0.6) is 11.6 Å². The number of aromatic nitrogens is 2. The van der Waals surface area contributed by atoms with Gasteiger partial charge < -0.3 is 19.5 Å². The molecule has 0 spiro atoms. The van der Waals surface area contributed by atoms with Crippen molar-refractivity contribution in [3.63, 3.8) is 0 Å². The molecule has 0 saturated carbocycles. The number of benzene rings is 1. The Morgan fingerprint density at radius 3 is 3.04 bits per heavy atom. The lowest BCUT2D eigenvalue weighted by Gasteiger charge is -2.16. The molecule has 9 nitrogen and oxygen atoms in total. The van der Waals surface area contributed by atoms with Gasteiger partial charge in [-0.2, -0.15) is 0 Å². The fourth-order valence-electron chi connectivity index (χ4n) is 3.27. The lowest BCUT2D eigenvalue weighted by Crippen LogP contribution is -2.35. The van der Waals surface area contributed by atoms with Gasteiger partial charge in [-0.3, -0.25) is 14.8 Å². The van der Waals surface area contributed by atoms with Gasteiger partial charge in [0.1, 0.15) is 11.6 Å². The fraction of sp³-hybridized carbons (Fsp3) is 0.353. The molecule has 1 aromatic heterocycles. The van der Waals surface area contributed by atoms with Crippen LogP contribution >= 0.6 is 0 Å². The van der Waals surface area contributed by atoms with Crippen molar-refractivity contribution in [1.82, 2.24) is 15.5 Å². The SMILES string of the molecule is CNC(=O)[C@H]1CN(c2cc(F)c3c(c2)OCCc2c(OC)n[nH]c2-3)C(=O)O1. The smallest absolute Gasteiger partial charge is 0.415 e. The van der Waals surface area contributed by atoms with Crippen molar-refractivity contribution in [1.29, 1.82) is 0 Å². The summed E-state index contributed by atoms with van der Waals surface area (Å²) in [6, 6.07) is 2.76. The van der Waals surface area contributed by atoms with Crippen molar-refractivity contribution in [2.75, 3.05) is 32.2 Å². The fourth-order valence-corrected chi connectivity index (χ4v) is 3.27. The summed E-state index contributed by atoms with van der Waals surface area (Å²) >= 11 is 0. The topological polar surface area (TPSA) is 106 Å². The Morgan fingerprint density at radius 1 is 1.48 bits per heavy atom. The average Bonchev–Trinajstić information content (AvgIpc) is 3.19. The molecule has 2 aliphatic rings. The van der Waals surface area contributed by atoms with E-state index in [2.05, 4.69) is 15.5 Å². The third-order valence-corrected chi connectivity index (χ3v) is 4.58. The van der Waals surface area contributed by atoms with E-state index < -0.39 is 23.9 Å². The van der Waals surface area contributed by atoms with Gasteiger partial charge in [0.05, 0.1) is 37.2 Å². The second-order valence-corrected chi connectivity index (χ2v) is 6.08. The summed E-state index contributed by atoms with van der Waals surface area (Å²) in [5.74, 6) is -0.354. The van der Waals surface area contributed by atoms with Crippen molar-refractivity contribution in [3.05, 3.63) is 23.5 Å². The van der Waals surface area contributed by atoms with E-state index in [1.165, 1.54) is 25.1 Å². The highest BCUT2D eigenvalue weighted by atomic mass is 19.1. The van der Waals surface area contributed by atoms with E-state index in [-0.39, 0.29) is 23.5 Å². The molecule has 2 amide bonds. The number of amides is 2. The van der Waals surface area contributed by atoms with Gasteiger partial charge in [-0.25, -0.2) is 9.18 Å². The molecule has 27 heavy (non-hydrogen) atoms. The number of nitrogens with one attached hydrogen (secondary N) is 2. The van der Waals surface area contributed by atoms with Gasteiger partial charge in [0.25, 0.3) is 5.91 Å². The zero-order valence-electron chi connectivity index (χ0n) is 14.7. The van der Waals surface area contributed by atoms with Crippen LogP contribution in [0.15, 0.2) is 12.1 Å². The number of H-pyrrole nitrogens is 1. The molecular formula is C17H17FN4O5. The molecule has 4 rings (SSSR count). The molecule has 0 aliphatic carbocycles. The lowest BCUT2D eigenvalue weighted by molar-refractivity contribution is -0.127. The maximum absolute atomic E-state index is 15.0. The van der Waals surface area contributed by atoms with E-state index in [0.29, 0.717) is 24.6 Å². The second kappa shape index (κ2) is 6.45. The summed E-state index contributed by atoms with van der Waals surface area (Å²) in [5, 5.41) is 9.26. The first kappa shape index (κ1) is 17.1. The Bertz CT molecular complexity index is 928. The largest absolute Gasteiger partial charge is 0.492 e. The van der Waals surface area contributed by atoms with Crippen LogP contribution in [0.25, 0.3) is 11.3 Å². The third-order valence-electron chi connectivity index (χ3n) is 4.58. The monoisotopic (exact) mass is 376 g/mol. The number of fused-ring (bicyclic) bond motifs is 3. The van der Waals surface area contributed by atoms with Crippen molar-refractivity contribution >= 4 is 17.7 Å². The number of anilines is 1. The van der Waals surface area contributed by atoms with E-state index in [0.717, 1.165) is 5.56 Å². The van der Waals surface area contributed by atoms with Crippen molar-refractivity contribution < 1.29 is 28.2 Å². The number of hydrogen-bond donors (Lipinski definition) is 2. The number of aromatic amines is 1. The van der Waals surface area contributed by atoms with Crippen LogP contribution in [-0.4, -0.2) is 55.6 Å². The number of likely N-dealkylation sites (N-methyl/N-ethyl adjacent to an activating group) is 1. The van der Waals surface area contributed by atoms with E-state index in [1.54, 1.807) is 6.07 Å². The molecule has 1 atom stereocenters. The van der Waals surface area contributed by atoms with Crippen molar-refractivity contribution in [2.45, 2.75) is 12.5 Å². The molecule has 2 aromatic rings. The summed E-state index contributed by atoms with van der Waals surface area (Å²) < 4.78 is 30.9. The third kappa shape index (κ3) is 2.73.